The molecule has 122 valence electrons. The van der Waals surface area contributed by atoms with Crippen LogP contribution in [0.1, 0.15) is 38.2 Å². The predicted molar refractivity (Wildman–Crippen MR) is 86.5 cm³/mol. The molecule has 1 saturated carbocycles. The van der Waals surface area contributed by atoms with Gasteiger partial charge in [0.1, 0.15) is 5.54 Å². The lowest BCUT2D eigenvalue weighted by atomic mass is 9.77. The van der Waals surface area contributed by atoms with Gasteiger partial charge < -0.3 is 9.84 Å². The fourth-order valence-corrected chi connectivity index (χ4v) is 3.17. The minimum absolute atomic E-state index is 0.202. The second kappa shape index (κ2) is 7.75. The smallest absolute Gasteiger partial charge is 0.326 e. The minimum atomic E-state index is -0.626. The Kier molecular flexibility index (Phi) is 5.98. The van der Waals surface area contributed by atoms with Crippen LogP contribution in [0.15, 0.2) is 30.3 Å². The molecule has 0 spiro atoms. The number of carbonyl (C=O) groups is 1. The molecule has 0 heterocycles. The fraction of sp³-hybridized carbons (Fsp3) is 0.611. The lowest BCUT2D eigenvalue weighted by molar-refractivity contribution is -0.150. The normalized spacial score (nSPS) is 26.4. The first-order chi connectivity index (χ1) is 10.6. The molecule has 0 saturated heterocycles. The number of hydrogen-bond acceptors (Lipinski definition) is 4. The van der Waals surface area contributed by atoms with Crippen molar-refractivity contribution < 1.29 is 14.6 Å². The number of ether oxygens (including phenoxy) is 1. The van der Waals surface area contributed by atoms with Gasteiger partial charge in [-0.1, -0.05) is 37.3 Å². The van der Waals surface area contributed by atoms with Crippen molar-refractivity contribution in [2.75, 3.05) is 13.7 Å². The second-order valence-corrected chi connectivity index (χ2v) is 6.48. The lowest BCUT2D eigenvalue weighted by Crippen LogP contribution is -2.56. The highest BCUT2D eigenvalue weighted by atomic mass is 16.5. The molecule has 0 aliphatic heterocycles. The first-order valence-electron chi connectivity index (χ1n) is 8.11. The van der Waals surface area contributed by atoms with Crippen LogP contribution in [0.2, 0.25) is 0 Å². The van der Waals surface area contributed by atoms with Crippen LogP contribution in [0.4, 0.5) is 0 Å². The predicted octanol–water partition coefficient (Wildman–Crippen LogP) is 2.30. The monoisotopic (exact) mass is 305 g/mol. The van der Waals surface area contributed by atoms with Crippen LogP contribution in [0, 0.1) is 5.92 Å². The van der Waals surface area contributed by atoms with Crippen molar-refractivity contribution in [1.82, 2.24) is 5.32 Å². The molecule has 1 atom stereocenters. The number of nitrogens with one attached hydrogen (secondary N) is 1. The molecule has 1 aliphatic rings. The van der Waals surface area contributed by atoms with Gasteiger partial charge in [0.25, 0.3) is 0 Å². The Labute approximate surface area is 132 Å². The third kappa shape index (κ3) is 4.31. The van der Waals surface area contributed by atoms with E-state index in [2.05, 4.69) is 12.2 Å². The average molecular weight is 305 g/mol. The van der Waals surface area contributed by atoms with Crippen LogP contribution in [0.3, 0.4) is 0 Å². The van der Waals surface area contributed by atoms with Gasteiger partial charge in [0.2, 0.25) is 0 Å². The van der Waals surface area contributed by atoms with Crippen molar-refractivity contribution in [2.45, 2.75) is 50.7 Å². The highest BCUT2D eigenvalue weighted by Gasteiger charge is 2.41. The van der Waals surface area contributed by atoms with Crippen LogP contribution in [-0.4, -0.2) is 36.4 Å². The Bertz CT molecular complexity index is 466. The van der Waals surface area contributed by atoms with Gasteiger partial charge in [0, 0.05) is 6.54 Å². The number of esters is 1. The van der Waals surface area contributed by atoms with Crippen molar-refractivity contribution in [2.24, 2.45) is 5.92 Å². The van der Waals surface area contributed by atoms with Crippen LogP contribution in [-0.2, 0) is 16.0 Å². The summed E-state index contributed by atoms with van der Waals surface area (Å²) in [6.45, 7) is 2.61. The minimum Gasteiger partial charge on any atom is -0.468 e. The van der Waals surface area contributed by atoms with E-state index in [4.69, 9.17) is 4.74 Å². The lowest BCUT2D eigenvalue weighted by Gasteiger charge is -2.38. The second-order valence-electron chi connectivity index (χ2n) is 6.48. The van der Waals surface area contributed by atoms with E-state index in [1.54, 1.807) is 0 Å². The maximum atomic E-state index is 12.2. The summed E-state index contributed by atoms with van der Waals surface area (Å²) in [6.07, 6.45) is 3.65. The largest absolute Gasteiger partial charge is 0.468 e. The SMILES string of the molecule is COC(=O)C1(NCC(O)Cc2ccccc2)CCC(C)CC1. The summed E-state index contributed by atoms with van der Waals surface area (Å²) in [5.41, 5.74) is 0.472. The molecule has 1 aromatic rings. The van der Waals surface area contributed by atoms with Crippen molar-refractivity contribution in [3.8, 4) is 0 Å². The van der Waals surface area contributed by atoms with Gasteiger partial charge in [-0.3, -0.25) is 10.1 Å². The molecule has 1 aliphatic carbocycles. The summed E-state index contributed by atoms with van der Waals surface area (Å²) in [5.74, 6) is 0.445. The molecule has 1 fully saturated rings. The van der Waals surface area contributed by atoms with E-state index in [9.17, 15) is 9.90 Å². The van der Waals surface area contributed by atoms with E-state index in [1.807, 2.05) is 30.3 Å². The molecule has 0 bridgehead atoms. The summed E-state index contributed by atoms with van der Waals surface area (Å²) < 4.78 is 5.00. The molecule has 0 amide bonds. The number of carbonyl (C=O) groups excluding carboxylic acids is 1. The van der Waals surface area contributed by atoms with Gasteiger partial charge in [0.15, 0.2) is 0 Å². The number of methoxy groups -OCH3 is 1. The van der Waals surface area contributed by atoms with Gasteiger partial charge in [-0.25, -0.2) is 0 Å². The average Bonchev–Trinajstić information content (AvgIpc) is 2.55. The Morgan fingerprint density at radius 3 is 2.59 bits per heavy atom. The zero-order valence-electron chi connectivity index (χ0n) is 13.5. The number of aliphatic hydroxyl groups excluding tert-OH is 1. The molecular formula is C18H27NO3. The molecule has 1 aromatic carbocycles. The Balaban J connectivity index is 1.92. The number of rotatable bonds is 6. The molecule has 0 aromatic heterocycles. The van der Waals surface area contributed by atoms with Crippen molar-refractivity contribution in [1.29, 1.82) is 0 Å². The van der Waals surface area contributed by atoms with Gasteiger partial charge >= 0.3 is 5.97 Å². The van der Waals surface area contributed by atoms with Gasteiger partial charge in [-0.15, -0.1) is 0 Å². The van der Waals surface area contributed by atoms with Crippen LogP contribution in [0.25, 0.3) is 0 Å². The van der Waals surface area contributed by atoms with Gasteiger partial charge in [-0.05, 0) is 43.6 Å². The van der Waals surface area contributed by atoms with Crippen LogP contribution >= 0.6 is 0 Å². The highest BCUT2D eigenvalue weighted by molar-refractivity contribution is 5.80. The number of β-amino-alcohol motifs (C(OH)–C–C–N with tert-alkyl or cyclic N) is 1. The molecule has 4 nitrogen and oxygen atoms in total. The highest BCUT2D eigenvalue weighted by Crippen LogP contribution is 2.32. The number of aliphatic hydroxyl groups is 1. The van der Waals surface area contributed by atoms with E-state index < -0.39 is 11.6 Å². The Hall–Kier alpha value is -1.39. The molecule has 0 radical (unpaired) electrons. The standard InChI is InChI=1S/C18H27NO3/c1-14-8-10-18(11-9-14,17(21)22-2)19-13-16(20)12-15-6-4-3-5-7-15/h3-7,14,16,19-20H,8-13H2,1-2H3. The third-order valence-electron chi connectivity index (χ3n) is 4.69. The topological polar surface area (TPSA) is 58.6 Å². The quantitative estimate of drug-likeness (QED) is 0.792. The van der Waals surface area contributed by atoms with E-state index in [-0.39, 0.29) is 5.97 Å². The molecule has 2 N–H and O–H groups in total. The molecule has 2 rings (SSSR count). The molecule has 4 heteroatoms. The summed E-state index contributed by atoms with van der Waals surface area (Å²) in [7, 11) is 1.43. The number of benzene rings is 1. The van der Waals surface area contributed by atoms with E-state index in [0.29, 0.717) is 18.9 Å². The Morgan fingerprint density at radius 2 is 2.00 bits per heavy atom. The maximum absolute atomic E-state index is 12.2. The maximum Gasteiger partial charge on any atom is 0.326 e. The summed E-state index contributed by atoms with van der Waals surface area (Å²) in [5, 5.41) is 13.5. The summed E-state index contributed by atoms with van der Waals surface area (Å²) >= 11 is 0. The Morgan fingerprint density at radius 1 is 1.36 bits per heavy atom. The zero-order valence-corrected chi connectivity index (χ0v) is 13.5. The fourth-order valence-electron chi connectivity index (χ4n) is 3.17. The first-order valence-corrected chi connectivity index (χ1v) is 8.11. The van der Waals surface area contributed by atoms with Crippen molar-refractivity contribution in [3.63, 3.8) is 0 Å². The zero-order chi connectivity index (χ0) is 16.0. The van der Waals surface area contributed by atoms with Gasteiger partial charge in [0.05, 0.1) is 13.2 Å². The first kappa shape index (κ1) is 17.0. The molecule has 22 heavy (non-hydrogen) atoms. The third-order valence-corrected chi connectivity index (χ3v) is 4.69. The summed E-state index contributed by atoms with van der Waals surface area (Å²) in [4.78, 5) is 12.2. The van der Waals surface area contributed by atoms with Crippen LogP contribution < -0.4 is 5.32 Å². The van der Waals surface area contributed by atoms with E-state index in [1.165, 1.54) is 7.11 Å². The van der Waals surface area contributed by atoms with E-state index >= 15 is 0 Å². The van der Waals surface area contributed by atoms with Gasteiger partial charge in [-0.2, -0.15) is 0 Å². The van der Waals surface area contributed by atoms with Crippen molar-refractivity contribution in [3.05, 3.63) is 35.9 Å². The van der Waals surface area contributed by atoms with E-state index in [0.717, 1.165) is 31.2 Å². The summed E-state index contributed by atoms with van der Waals surface area (Å²) in [6, 6.07) is 9.90. The van der Waals surface area contributed by atoms with Crippen molar-refractivity contribution >= 4 is 5.97 Å². The van der Waals surface area contributed by atoms with Crippen LogP contribution in [0.5, 0.6) is 0 Å². The number of hydrogen-bond donors (Lipinski definition) is 2. The molecular weight excluding hydrogens is 278 g/mol. The molecule has 1 unspecified atom stereocenters.